The Morgan fingerprint density at radius 1 is 1.70 bits per heavy atom. The van der Waals surface area contributed by atoms with Crippen LogP contribution in [0.1, 0.15) is 12.6 Å². The van der Waals surface area contributed by atoms with Gasteiger partial charge in [0.05, 0.1) is 12.7 Å². The minimum atomic E-state index is -1.87. The number of rotatable bonds is 3. The number of halogens is 1. The molecule has 2 heterocycles. The van der Waals surface area contributed by atoms with Crippen molar-refractivity contribution < 1.29 is 14.9 Å². The number of H-pyrrole nitrogens is 1. The van der Waals surface area contributed by atoms with Crippen LogP contribution in [-0.4, -0.2) is 38.2 Å². The van der Waals surface area contributed by atoms with Crippen LogP contribution < -0.4 is 11.2 Å². The van der Waals surface area contributed by atoms with Crippen molar-refractivity contribution in [2.45, 2.75) is 24.5 Å². The fourth-order valence-corrected chi connectivity index (χ4v) is 2.07. The van der Waals surface area contributed by atoms with Crippen molar-refractivity contribution in [3.05, 3.63) is 42.5 Å². The zero-order valence-electron chi connectivity index (χ0n) is 9.93. The molecule has 1 aromatic rings. The van der Waals surface area contributed by atoms with Gasteiger partial charge in [0.1, 0.15) is 11.3 Å². The van der Waals surface area contributed by atoms with Crippen LogP contribution >= 0.6 is 11.6 Å². The lowest BCUT2D eigenvalue weighted by molar-refractivity contribution is -0.124. The fourth-order valence-electron chi connectivity index (χ4n) is 1.92. The molecule has 1 saturated heterocycles. The smallest absolute Gasteiger partial charge is 0.330 e. The summed E-state index contributed by atoms with van der Waals surface area (Å²) in [5, 5.41) is 22.1. The summed E-state index contributed by atoms with van der Waals surface area (Å²) in [4.78, 5) is 27.3. The molecule has 1 aromatic heterocycles. The van der Waals surface area contributed by atoms with Crippen molar-refractivity contribution in [3.8, 4) is 0 Å². The Morgan fingerprint density at radius 2 is 2.40 bits per heavy atom. The topological polar surface area (TPSA) is 153 Å². The highest BCUT2D eigenvalue weighted by Crippen LogP contribution is 2.37. The Balaban J connectivity index is 2.43. The van der Waals surface area contributed by atoms with Crippen LogP contribution in [0.25, 0.3) is 10.4 Å². The van der Waals surface area contributed by atoms with Gasteiger partial charge >= 0.3 is 5.69 Å². The highest BCUT2D eigenvalue weighted by molar-refractivity contribution is 6.30. The number of azide groups is 1. The van der Waals surface area contributed by atoms with Crippen molar-refractivity contribution >= 4 is 11.6 Å². The summed E-state index contributed by atoms with van der Waals surface area (Å²) in [6, 6.07) is 0. The normalized spacial score (nSPS) is 29.1. The summed E-state index contributed by atoms with van der Waals surface area (Å²) >= 11 is 5.61. The Bertz CT molecular complexity index is 680. The molecule has 0 aromatic carbocycles. The van der Waals surface area contributed by atoms with E-state index in [1.165, 1.54) is 0 Å². The van der Waals surface area contributed by atoms with E-state index >= 15 is 0 Å². The molecular weight excluding hydrogens is 294 g/mol. The van der Waals surface area contributed by atoms with Gasteiger partial charge in [-0.1, -0.05) is 16.7 Å². The average Bonchev–Trinajstić information content (AvgIpc) is 2.72. The highest BCUT2D eigenvalue weighted by Gasteiger charge is 2.48. The van der Waals surface area contributed by atoms with Crippen molar-refractivity contribution in [1.29, 1.82) is 0 Å². The van der Waals surface area contributed by atoms with E-state index < -0.39 is 35.9 Å². The Kier molecular flexibility index (Phi) is 3.84. The standard InChI is InChI=1S/C9H10ClN5O5/c10-4-2-15(8(19)12-7(4)18)6-1-5(17)9(3-16,20-6)13-14-11/h2,5-6,16-17H,1,3H2,(H,12,18,19)/t5-,6+,9+/m0/s1. The van der Waals surface area contributed by atoms with Gasteiger partial charge in [-0.05, 0) is 5.53 Å². The van der Waals surface area contributed by atoms with Gasteiger partial charge in [0, 0.05) is 17.5 Å². The van der Waals surface area contributed by atoms with E-state index in [0.29, 0.717) is 0 Å². The number of aromatic nitrogens is 2. The largest absolute Gasteiger partial charge is 0.393 e. The summed E-state index contributed by atoms with van der Waals surface area (Å²) in [6.07, 6.45) is -1.43. The van der Waals surface area contributed by atoms with Gasteiger partial charge in [0.2, 0.25) is 0 Å². The number of aromatic amines is 1. The van der Waals surface area contributed by atoms with Crippen LogP contribution in [0.15, 0.2) is 20.9 Å². The van der Waals surface area contributed by atoms with E-state index in [1.54, 1.807) is 0 Å². The van der Waals surface area contributed by atoms with Crippen LogP contribution in [0, 0.1) is 0 Å². The molecule has 20 heavy (non-hydrogen) atoms. The van der Waals surface area contributed by atoms with Crippen molar-refractivity contribution in [1.82, 2.24) is 9.55 Å². The maximum Gasteiger partial charge on any atom is 0.330 e. The van der Waals surface area contributed by atoms with E-state index in [2.05, 4.69) is 10.0 Å². The number of hydrogen-bond donors (Lipinski definition) is 3. The van der Waals surface area contributed by atoms with Crippen molar-refractivity contribution in [2.75, 3.05) is 6.61 Å². The molecule has 0 radical (unpaired) electrons. The van der Waals surface area contributed by atoms with Gasteiger partial charge in [0.15, 0.2) is 5.72 Å². The van der Waals surface area contributed by atoms with Crippen LogP contribution in [0.5, 0.6) is 0 Å². The molecule has 0 aliphatic carbocycles. The van der Waals surface area contributed by atoms with Crippen LogP contribution in [0.4, 0.5) is 0 Å². The molecule has 1 aliphatic heterocycles. The molecule has 0 amide bonds. The molecule has 0 bridgehead atoms. The van der Waals surface area contributed by atoms with E-state index in [4.69, 9.17) is 21.9 Å². The predicted octanol–water partition coefficient (Wildman–Crippen LogP) is -0.531. The minimum Gasteiger partial charge on any atom is -0.393 e. The second-order valence-electron chi connectivity index (χ2n) is 4.16. The first-order valence-corrected chi connectivity index (χ1v) is 5.85. The third-order valence-electron chi connectivity index (χ3n) is 2.96. The first kappa shape index (κ1) is 14.6. The zero-order valence-corrected chi connectivity index (χ0v) is 10.7. The molecule has 0 saturated carbocycles. The van der Waals surface area contributed by atoms with E-state index in [9.17, 15) is 19.8 Å². The summed E-state index contributed by atoms with van der Waals surface area (Å²) in [7, 11) is 0. The summed E-state index contributed by atoms with van der Waals surface area (Å²) < 4.78 is 6.22. The molecule has 3 N–H and O–H groups in total. The van der Waals surface area contributed by atoms with Crippen molar-refractivity contribution in [3.63, 3.8) is 0 Å². The molecule has 10 nitrogen and oxygen atoms in total. The molecule has 2 rings (SSSR count). The fraction of sp³-hybridized carbons (Fsp3) is 0.556. The number of ether oxygens (including phenoxy) is 1. The molecule has 11 heteroatoms. The lowest BCUT2D eigenvalue weighted by atomic mass is 10.1. The number of nitrogens with one attached hydrogen (secondary N) is 1. The van der Waals surface area contributed by atoms with E-state index in [0.717, 1.165) is 10.8 Å². The average molecular weight is 304 g/mol. The number of hydrogen-bond acceptors (Lipinski definition) is 6. The monoisotopic (exact) mass is 303 g/mol. The van der Waals surface area contributed by atoms with Crippen LogP contribution in [0.3, 0.4) is 0 Å². The van der Waals surface area contributed by atoms with Gasteiger partial charge in [-0.15, -0.1) is 0 Å². The van der Waals surface area contributed by atoms with Gasteiger partial charge in [-0.2, -0.15) is 0 Å². The number of aliphatic hydroxyl groups excluding tert-OH is 2. The Morgan fingerprint density at radius 3 is 3.00 bits per heavy atom. The molecule has 0 unspecified atom stereocenters. The summed E-state index contributed by atoms with van der Waals surface area (Å²) in [6.45, 7) is -0.763. The van der Waals surface area contributed by atoms with Crippen molar-refractivity contribution in [2.24, 2.45) is 5.11 Å². The molecule has 108 valence electrons. The van der Waals surface area contributed by atoms with Gasteiger partial charge < -0.3 is 14.9 Å². The van der Waals surface area contributed by atoms with E-state index in [-0.39, 0.29) is 11.4 Å². The van der Waals surface area contributed by atoms with Gasteiger partial charge in [-0.3, -0.25) is 14.3 Å². The molecular formula is C9H10ClN5O5. The Hall–Kier alpha value is -1.84. The van der Waals surface area contributed by atoms with Gasteiger partial charge in [0.25, 0.3) is 5.56 Å². The quantitative estimate of drug-likeness (QED) is 0.389. The molecule has 3 atom stereocenters. The zero-order chi connectivity index (χ0) is 14.9. The second kappa shape index (κ2) is 5.27. The first-order valence-electron chi connectivity index (χ1n) is 5.47. The molecule has 1 fully saturated rings. The lowest BCUT2D eigenvalue weighted by Gasteiger charge is -2.24. The van der Waals surface area contributed by atoms with E-state index in [1.807, 2.05) is 4.98 Å². The number of aliphatic hydroxyl groups is 2. The second-order valence-corrected chi connectivity index (χ2v) is 4.57. The first-order chi connectivity index (χ1) is 9.43. The summed E-state index contributed by atoms with van der Waals surface area (Å²) in [5.74, 6) is 0. The van der Waals surface area contributed by atoms with Gasteiger partial charge in [-0.25, -0.2) is 4.79 Å². The number of nitrogens with zero attached hydrogens (tertiary/aromatic N) is 4. The maximum absolute atomic E-state index is 11.7. The predicted molar refractivity (Wildman–Crippen MR) is 66.0 cm³/mol. The third-order valence-corrected chi connectivity index (χ3v) is 3.23. The minimum absolute atomic E-state index is 0.123. The van der Waals surface area contributed by atoms with Crippen LogP contribution in [0.2, 0.25) is 5.02 Å². The summed E-state index contributed by atoms with van der Waals surface area (Å²) in [5.41, 5.74) is 5.02. The lowest BCUT2D eigenvalue weighted by Crippen LogP contribution is -2.41. The molecule has 1 aliphatic rings. The Labute approximate surface area is 115 Å². The maximum atomic E-state index is 11.7. The third kappa shape index (κ3) is 2.30. The molecule has 0 spiro atoms. The van der Waals surface area contributed by atoms with Crippen LogP contribution in [-0.2, 0) is 4.74 Å². The highest BCUT2D eigenvalue weighted by atomic mass is 35.5. The SMILES string of the molecule is [N-]=[N+]=N[C@]1(CO)O[C@@H](n2cc(Cl)c(=O)[nH]c2=O)C[C@@H]1O.